The Morgan fingerprint density at radius 1 is 0.800 bits per heavy atom. The van der Waals surface area contributed by atoms with Crippen LogP contribution in [-0.4, -0.2) is 63.7 Å². The van der Waals surface area contributed by atoms with Crippen molar-refractivity contribution in [3.05, 3.63) is 10.4 Å². The van der Waals surface area contributed by atoms with Crippen molar-refractivity contribution in [2.75, 3.05) is 54.4 Å². The van der Waals surface area contributed by atoms with Gasteiger partial charge in [0.15, 0.2) is 0 Å². The molecule has 92 valence electrons. The quantitative estimate of drug-likeness (QED) is 0.367. The zero-order valence-electron chi connectivity index (χ0n) is 10.5. The summed E-state index contributed by atoms with van der Waals surface area (Å²) in [6.45, 7) is 2.98. The minimum Gasteiger partial charge on any atom is -0.633 e. The summed E-state index contributed by atoms with van der Waals surface area (Å²) in [5.41, 5.74) is 0. The summed E-state index contributed by atoms with van der Waals surface area (Å²) < 4.78 is -0.460. The average molecular weight is 219 g/mol. The van der Waals surface area contributed by atoms with E-state index in [1.165, 1.54) is 0 Å². The highest BCUT2D eigenvalue weighted by atomic mass is 16.5. The van der Waals surface area contributed by atoms with E-state index >= 15 is 0 Å². The van der Waals surface area contributed by atoms with Gasteiger partial charge in [0.1, 0.15) is 0 Å². The highest BCUT2D eigenvalue weighted by Gasteiger charge is 2.02. The molecular formula is C10H25N3O2. The third-order valence-electron chi connectivity index (χ3n) is 2.10. The van der Waals surface area contributed by atoms with Gasteiger partial charge < -0.3 is 25.0 Å². The molecule has 0 aromatic heterocycles. The molecule has 0 heterocycles. The van der Waals surface area contributed by atoms with Gasteiger partial charge in [-0.15, -0.1) is 0 Å². The molecule has 0 aliphatic carbocycles. The van der Waals surface area contributed by atoms with Crippen molar-refractivity contribution in [3.63, 3.8) is 0 Å². The predicted molar refractivity (Wildman–Crippen MR) is 62.8 cm³/mol. The molecule has 0 unspecified atom stereocenters. The first kappa shape index (κ1) is 14.8. The second-order valence-electron chi connectivity index (χ2n) is 5.05. The standard InChI is InChI=1S/C10H25N3O2/c1-12(2,14)9-5-7-11-8-6-10-13(3,4)15/h11H,5-10H2,1-4H3. The van der Waals surface area contributed by atoms with Gasteiger partial charge in [-0.2, -0.15) is 0 Å². The molecule has 0 amide bonds. The van der Waals surface area contributed by atoms with E-state index in [1.807, 2.05) is 0 Å². The molecule has 5 nitrogen and oxygen atoms in total. The fourth-order valence-electron chi connectivity index (χ4n) is 1.29. The first-order valence-corrected chi connectivity index (χ1v) is 5.49. The summed E-state index contributed by atoms with van der Waals surface area (Å²) in [5.74, 6) is 0. The van der Waals surface area contributed by atoms with E-state index in [-0.39, 0.29) is 9.29 Å². The summed E-state index contributed by atoms with van der Waals surface area (Å²) in [5, 5.41) is 25.6. The largest absolute Gasteiger partial charge is 0.633 e. The molecule has 0 saturated heterocycles. The van der Waals surface area contributed by atoms with Crippen LogP contribution in [0.3, 0.4) is 0 Å². The number of nitrogens with zero attached hydrogens (tertiary/aromatic N) is 2. The molecular weight excluding hydrogens is 194 g/mol. The average Bonchev–Trinajstić information content (AvgIpc) is 1.98. The first-order valence-electron chi connectivity index (χ1n) is 5.49. The summed E-state index contributed by atoms with van der Waals surface area (Å²) in [4.78, 5) is 0. The number of quaternary nitrogens is 2. The molecule has 15 heavy (non-hydrogen) atoms. The van der Waals surface area contributed by atoms with Crippen LogP contribution in [0.2, 0.25) is 0 Å². The molecule has 0 aromatic rings. The van der Waals surface area contributed by atoms with Gasteiger partial charge in [0.25, 0.3) is 0 Å². The van der Waals surface area contributed by atoms with Crippen molar-refractivity contribution >= 4 is 0 Å². The second kappa shape index (κ2) is 6.40. The molecule has 0 radical (unpaired) electrons. The maximum atomic E-state index is 11.2. The van der Waals surface area contributed by atoms with Gasteiger partial charge in [-0.25, -0.2) is 0 Å². The lowest BCUT2D eigenvalue weighted by atomic mass is 10.3. The van der Waals surface area contributed by atoms with Crippen molar-refractivity contribution in [1.82, 2.24) is 5.32 Å². The Labute approximate surface area is 93.0 Å². The van der Waals surface area contributed by atoms with Crippen LogP contribution in [0.1, 0.15) is 12.8 Å². The fraction of sp³-hybridized carbons (Fsp3) is 1.00. The molecule has 0 spiro atoms. The maximum absolute atomic E-state index is 11.2. The van der Waals surface area contributed by atoms with E-state index in [1.54, 1.807) is 28.2 Å². The van der Waals surface area contributed by atoms with E-state index in [2.05, 4.69) is 5.32 Å². The van der Waals surface area contributed by atoms with Crippen LogP contribution in [0.25, 0.3) is 0 Å². The molecule has 5 heteroatoms. The number of nitrogens with one attached hydrogen (secondary N) is 1. The Morgan fingerprint density at radius 2 is 1.13 bits per heavy atom. The normalized spacial score (nSPS) is 13.2. The molecule has 0 rings (SSSR count). The molecule has 0 aliphatic heterocycles. The van der Waals surface area contributed by atoms with Gasteiger partial charge in [0, 0.05) is 25.9 Å². The minimum atomic E-state index is -0.230. The SMILES string of the molecule is C[N+](C)([O-])CCCNCCC[N+](C)(C)[O-]. The molecule has 0 aliphatic rings. The Balaban J connectivity index is 3.20. The Kier molecular flexibility index (Phi) is 6.31. The third-order valence-corrected chi connectivity index (χ3v) is 2.10. The molecule has 0 bridgehead atoms. The van der Waals surface area contributed by atoms with Gasteiger partial charge in [-0.3, -0.25) is 0 Å². The molecule has 0 atom stereocenters. The molecule has 0 fully saturated rings. The summed E-state index contributed by atoms with van der Waals surface area (Å²) in [6.07, 6.45) is 1.76. The number of hydroxylamine groups is 6. The fourth-order valence-corrected chi connectivity index (χ4v) is 1.29. The Bertz CT molecular complexity index is 143. The van der Waals surface area contributed by atoms with Crippen LogP contribution in [-0.2, 0) is 0 Å². The lowest BCUT2D eigenvalue weighted by Crippen LogP contribution is -2.36. The van der Waals surface area contributed by atoms with E-state index in [4.69, 9.17) is 0 Å². The van der Waals surface area contributed by atoms with E-state index in [0.717, 1.165) is 25.9 Å². The Hall–Kier alpha value is -0.200. The lowest BCUT2D eigenvalue weighted by Gasteiger charge is -2.34. The van der Waals surface area contributed by atoms with Crippen LogP contribution >= 0.6 is 0 Å². The summed E-state index contributed by atoms with van der Waals surface area (Å²) >= 11 is 0. The predicted octanol–water partition coefficient (Wildman–Crippen LogP) is 0.505. The van der Waals surface area contributed by atoms with Crippen LogP contribution in [0.5, 0.6) is 0 Å². The van der Waals surface area contributed by atoms with Gasteiger partial charge in [-0.05, 0) is 0 Å². The number of hydrogen-bond donors (Lipinski definition) is 1. The first-order chi connectivity index (χ1) is 6.71. The second-order valence-corrected chi connectivity index (χ2v) is 5.05. The monoisotopic (exact) mass is 219 g/mol. The summed E-state index contributed by atoms with van der Waals surface area (Å²) in [7, 11) is 6.60. The molecule has 1 N–H and O–H groups in total. The highest BCUT2D eigenvalue weighted by Crippen LogP contribution is 1.95. The smallest absolute Gasteiger partial charge is 0.0792 e. The highest BCUT2D eigenvalue weighted by molar-refractivity contribution is 4.48. The zero-order chi connectivity index (χ0) is 11.9. The van der Waals surface area contributed by atoms with E-state index in [9.17, 15) is 10.4 Å². The van der Waals surface area contributed by atoms with Crippen LogP contribution in [0.15, 0.2) is 0 Å². The van der Waals surface area contributed by atoms with Gasteiger partial charge in [0.2, 0.25) is 0 Å². The Morgan fingerprint density at radius 3 is 1.40 bits per heavy atom. The van der Waals surface area contributed by atoms with Gasteiger partial charge in [0.05, 0.1) is 41.3 Å². The maximum Gasteiger partial charge on any atom is 0.0792 e. The topological polar surface area (TPSA) is 58.1 Å². The number of rotatable bonds is 8. The van der Waals surface area contributed by atoms with E-state index in [0.29, 0.717) is 13.1 Å². The van der Waals surface area contributed by atoms with Crippen LogP contribution in [0.4, 0.5) is 0 Å². The zero-order valence-corrected chi connectivity index (χ0v) is 10.5. The van der Waals surface area contributed by atoms with Crippen molar-refractivity contribution in [2.45, 2.75) is 12.8 Å². The van der Waals surface area contributed by atoms with Crippen LogP contribution in [0, 0.1) is 10.4 Å². The van der Waals surface area contributed by atoms with Crippen LogP contribution < -0.4 is 5.32 Å². The van der Waals surface area contributed by atoms with E-state index < -0.39 is 0 Å². The minimum absolute atomic E-state index is 0.230. The van der Waals surface area contributed by atoms with Gasteiger partial charge in [-0.1, -0.05) is 0 Å². The van der Waals surface area contributed by atoms with Crippen molar-refractivity contribution < 1.29 is 9.29 Å². The van der Waals surface area contributed by atoms with Crippen molar-refractivity contribution in [1.29, 1.82) is 0 Å². The molecule has 0 saturated carbocycles. The lowest BCUT2D eigenvalue weighted by molar-refractivity contribution is -0.840. The van der Waals surface area contributed by atoms with Crippen molar-refractivity contribution in [2.24, 2.45) is 0 Å². The summed E-state index contributed by atoms with van der Waals surface area (Å²) in [6, 6.07) is 0. The molecule has 0 aromatic carbocycles. The van der Waals surface area contributed by atoms with Crippen molar-refractivity contribution in [3.8, 4) is 0 Å². The van der Waals surface area contributed by atoms with Gasteiger partial charge >= 0.3 is 0 Å². The number of hydrogen-bond acceptors (Lipinski definition) is 3. The third kappa shape index (κ3) is 13.8.